The van der Waals surface area contributed by atoms with Crippen LogP contribution in [-0.4, -0.2) is 41.0 Å². The molecule has 0 unspecified atom stereocenters. The van der Waals surface area contributed by atoms with E-state index in [-0.39, 0.29) is 12.3 Å². The zero-order chi connectivity index (χ0) is 20.9. The zero-order valence-electron chi connectivity index (χ0n) is 17.3. The van der Waals surface area contributed by atoms with Gasteiger partial charge in [0.15, 0.2) is 5.13 Å². The molecule has 0 spiro atoms. The number of aromatic nitrogens is 2. The van der Waals surface area contributed by atoms with E-state index in [0.717, 1.165) is 53.3 Å². The molecule has 0 aliphatic carbocycles. The van der Waals surface area contributed by atoms with Crippen LogP contribution in [-0.2, 0) is 17.8 Å². The number of carbonyl (C=O) groups is 1. The van der Waals surface area contributed by atoms with Crippen LogP contribution in [0.3, 0.4) is 0 Å². The molecule has 1 aliphatic heterocycles. The third-order valence-corrected chi connectivity index (χ3v) is 7.04. The van der Waals surface area contributed by atoms with Crippen LogP contribution in [0, 0.1) is 5.92 Å². The van der Waals surface area contributed by atoms with Crippen molar-refractivity contribution in [2.24, 2.45) is 5.92 Å². The second kappa shape index (κ2) is 9.68. The Morgan fingerprint density at radius 3 is 2.60 bits per heavy atom. The van der Waals surface area contributed by atoms with Gasteiger partial charge in [-0.05, 0) is 56.1 Å². The molecule has 3 aromatic rings. The second-order valence-corrected chi connectivity index (χ2v) is 9.42. The number of nitrogens with one attached hydrogen (secondary N) is 1. The van der Waals surface area contributed by atoms with Crippen LogP contribution in [0.5, 0.6) is 5.75 Å². The van der Waals surface area contributed by atoms with Crippen molar-refractivity contribution in [1.82, 2.24) is 14.9 Å². The monoisotopic (exact) mass is 442 g/mol. The number of nitrogens with zero attached hydrogens (tertiary/aromatic N) is 3. The lowest BCUT2D eigenvalue weighted by Gasteiger charge is -2.29. The first-order chi connectivity index (χ1) is 14.6. The molecule has 2 aromatic heterocycles. The van der Waals surface area contributed by atoms with Crippen LogP contribution < -0.4 is 10.1 Å². The highest BCUT2D eigenvalue weighted by molar-refractivity contribution is 7.14. The molecule has 1 N–H and O–H groups in total. The third-order valence-electron chi connectivity index (χ3n) is 5.29. The lowest BCUT2D eigenvalue weighted by molar-refractivity contribution is -0.115. The van der Waals surface area contributed by atoms with Gasteiger partial charge in [-0.3, -0.25) is 9.69 Å². The van der Waals surface area contributed by atoms with Crippen molar-refractivity contribution in [3.63, 3.8) is 0 Å². The first-order valence-corrected chi connectivity index (χ1v) is 11.9. The molecule has 8 heteroatoms. The van der Waals surface area contributed by atoms with Gasteiger partial charge in [-0.1, -0.05) is 6.92 Å². The quantitative estimate of drug-likeness (QED) is 0.575. The van der Waals surface area contributed by atoms with E-state index >= 15 is 0 Å². The topological polar surface area (TPSA) is 67.3 Å². The SMILES string of the molecule is COc1ccc(-c2nc(CC(=O)Nc3nc(CN4CCC(C)CC4)cs3)cs2)cc1. The maximum Gasteiger partial charge on any atom is 0.232 e. The summed E-state index contributed by atoms with van der Waals surface area (Å²) in [7, 11) is 1.65. The number of ether oxygens (including phenoxy) is 1. The van der Waals surface area contributed by atoms with E-state index < -0.39 is 0 Å². The van der Waals surface area contributed by atoms with E-state index in [4.69, 9.17) is 4.74 Å². The van der Waals surface area contributed by atoms with Gasteiger partial charge in [-0.25, -0.2) is 9.97 Å². The highest BCUT2D eigenvalue weighted by Gasteiger charge is 2.17. The molecule has 3 heterocycles. The number of carbonyl (C=O) groups excluding carboxylic acids is 1. The van der Waals surface area contributed by atoms with Crippen molar-refractivity contribution in [3.8, 4) is 16.3 Å². The van der Waals surface area contributed by atoms with Gasteiger partial charge in [0.2, 0.25) is 5.91 Å². The normalized spacial score (nSPS) is 15.3. The van der Waals surface area contributed by atoms with E-state index in [2.05, 4.69) is 27.1 Å². The van der Waals surface area contributed by atoms with Gasteiger partial charge >= 0.3 is 0 Å². The predicted molar refractivity (Wildman–Crippen MR) is 122 cm³/mol. The maximum absolute atomic E-state index is 12.4. The fraction of sp³-hybridized carbons (Fsp3) is 0.409. The van der Waals surface area contributed by atoms with Crippen molar-refractivity contribution in [2.75, 3.05) is 25.5 Å². The number of anilines is 1. The largest absolute Gasteiger partial charge is 0.497 e. The number of amides is 1. The van der Waals surface area contributed by atoms with E-state index in [1.54, 1.807) is 7.11 Å². The van der Waals surface area contributed by atoms with Crippen LogP contribution in [0.1, 0.15) is 31.2 Å². The molecular formula is C22H26N4O2S2. The number of rotatable bonds is 7. The standard InChI is InChI=1S/C22H26N4O2S2/c1-15-7-9-26(10-8-15)12-18-14-30-22(24-18)25-20(27)11-17-13-29-21(23-17)16-3-5-19(28-2)6-4-16/h3-6,13-15H,7-12H2,1-2H3,(H,24,25,27). The van der Waals surface area contributed by atoms with E-state index in [9.17, 15) is 4.79 Å². The molecule has 1 amide bonds. The molecule has 0 saturated carbocycles. The highest BCUT2D eigenvalue weighted by atomic mass is 32.1. The van der Waals surface area contributed by atoms with Crippen molar-refractivity contribution in [1.29, 1.82) is 0 Å². The van der Waals surface area contributed by atoms with Gasteiger partial charge in [0.05, 0.1) is 24.9 Å². The van der Waals surface area contributed by atoms with Gasteiger partial charge in [0, 0.05) is 22.9 Å². The predicted octanol–water partition coefficient (Wildman–Crippen LogP) is 4.69. The smallest absolute Gasteiger partial charge is 0.232 e. The Labute approximate surface area is 184 Å². The molecule has 30 heavy (non-hydrogen) atoms. The lowest BCUT2D eigenvalue weighted by Crippen LogP contribution is -2.32. The number of hydrogen-bond acceptors (Lipinski definition) is 7. The summed E-state index contributed by atoms with van der Waals surface area (Å²) in [4.78, 5) is 24.1. The number of piperidine rings is 1. The summed E-state index contributed by atoms with van der Waals surface area (Å²) < 4.78 is 5.19. The molecule has 6 nitrogen and oxygen atoms in total. The molecule has 1 aromatic carbocycles. The van der Waals surface area contributed by atoms with Crippen LogP contribution in [0.15, 0.2) is 35.0 Å². The summed E-state index contributed by atoms with van der Waals surface area (Å²) in [5.41, 5.74) is 2.81. The Balaban J connectivity index is 1.29. The minimum Gasteiger partial charge on any atom is -0.497 e. The van der Waals surface area contributed by atoms with E-state index in [1.807, 2.05) is 35.0 Å². The van der Waals surface area contributed by atoms with Crippen LogP contribution in [0.2, 0.25) is 0 Å². The number of hydrogen-bond donors (Lipinski definition) is 1. The second-order valence-electron chi connectivity index (χ2n) is 7.70. The molecule has 1 saturated heterocycles. The summed E-state index contributed by atoms with van der Waals surface area (Å²) in [5, 5.41) is 8.45. The Bertz CT molecular complexity index is 975. The van der Waals surface area contributed by atoms with Crippen molar-refractivity contribution in [3.05, 3.63) is 46.4 Å². The van der Waals surface area contributed by atoms with Crippen LogP contribution >= 0.6 is 22.7 Å². The average molecular weight is 443 g/mol. The van der Waals surface area contributed by atoms with Crippen molar-refractivity contribution in [2.45, 2.75) is 32.7 Å². The lowest BCUT2D eigenvalue weighted by atomic mass is 9.99. The van der Waals surface area contributed by atoms with Gasteiger partial charge in [0.25, 0.3) is 0 Å². The summed E-state index contributed by atoms with van der Waals surface area (Å²) in [6.07, 6.45) is 2.74. The summed E-state index contributed by atoms with van der Waals surface area (Å²) in [6, 6.07) is 7.77. The molecular weight excluding hydrogens is 416 g/mol. The average Bonchev–Trinajstić information content (AvgIpc) is 3.39. The van der Waals surface area contributed by atoms with Crippen molar-refractivity contribution < 1.29 is 9.53 Å². The molecule has 1 aliphatic rings. The number of methoxy groups -OCH3 is 1. The Morgan fingerprint density at radius 1 is 1.13 bits per heavy atom. The van der Waals surface area contributed by atoms with Gasteiger partial charge in [-0.2, -0.15) is 0 Å². The Kier molecular flexibility index (Phi) is 6.76. The molecule has 0 atom stereocenters. The minimum atomic E-state index is -0.0886. The Morgan fingerprint density at radius 2 is 1.87 bits per heavy atom. The zero-order valence-corrected chi connectivity index (χ0v) is 18.9. The first-order valence-electron chi connectivity index (χ1n) is 10.1. The summed E-state index contributed by atoms with van der Waals surface area (Å²) >= 11 is 3.02. The number of thiazole rings is 2. The van der Waals surface area contributed by atoms with Crippen LogP contribution in [0.25, 0.3) is 10.6 Å². The van der Waals surface area contributed by atoms with Gasteiger partial charge in [-0.15, -0.1) is 22.7 Å². The Hall–Kier alpha value is -2.29. The fourth-order valence-electron chi connectivity index (χ4n) is 3.47. The minimum absolute atomic E-state index is 0.0886. The third kappa shape index (κ3) is 5.44. The van der Waals surface area contributed by atoms with Crippen LogP contribution in [0.4, 0.5) is 5.13 Å². The molecule has 0 radical (unpaired) electrons. The molecule has 158 valence electrons. The fourth-order valence-corrected chi connectivity index (χ4v) is 5.01. The maximum atomic E-state index is 12.4. The van der Waals surface area contributed by atoms with E-state index in [1.165, 1.54) is 35.5 Å². The first kappa shape index (κ1) is 21.0. The van der Waals surface area contributed by atoms with Crippen molar-refractivity contribution >= 4 is 33.7 Å². The highest BCUT2D eigenvalue weighted by Crippen LogP contribution is 2.26. The summed E-state index contributed by atoms with van der Waals surface area (Å²) in [6.45, 7) is 5.42. The molecule has 1 fully saturated rings. The van der Waals surface area contributed by atoms with E-state index in [0.29, 0.717) is 5.13 Å². The van der Waals surface area contributed by atoms with Gasteiger partial charge in [0.1, 0.15) is 10.8 Å². The van der Waals surface area contributed by atoms with Gasteiger partial charge < -0.3 is 10.1 Å². The molecule has 4 rings (SSSR count). The summed E-state index contributed by atoms with van der Waals surface area (Å²) in [5.74, 6) is 1.55. The molecule has 0 bridgehead atoms. The number of benzene rings is 1. The number of likely N-dealkylation sites (tertiary alicyclic amines) is 1.